The molecule has 140 valence electrons. The first-order valence-electron chi connectivity index (χ1n) is 9.52. The van der Waals surface area contributed by atoms with Crippen molar-refractivity contribution in [2.75, 3.05) is 13.2 Å². The van der Waals surface area contributed by atoms with Crippen molar-refractivity contribution in [3.63, 3.8) is 0 Å². The summed E-state index contributed by atoms with van der Waals surface area (Å²) in [6, 6.07) is 8.88. The van der Waals surface area contributed by atoms with E-state index in [2.05, 4.69) is 56.0 Å². The average Bonchev–Trinajstić information content (AvgIpc) is 2.66. The minimum Gasteiger partial charge on any atom is -0.460 e. The second-order valence-corrected chi connectivity index (χ2v) is 6.73. The summed E-state index contributed by atoms with van der Waals surface area (Å²) >= 11 is 0. The molecular weight excluding hydrogens is 324 g/mol. The highest BCUT2D eigenvalue weighted by molar-refractivity contribution is 5.86. The Balaban J connectivity index is 1.74. The average molecular weight is 354 g/mol. The van der Waals surface area contributed by atoms with E-state index >= 15 is 0 Å². The second-order valence-electron chi connectivity index (χ2n) is 6.73. The van der Waals surface area contributed by atoms with E-state index in [4.69, 9.17) is 9.47 Å². The number of esters is 1. The third kappa shape index (κ3) is 6.64. The van der Waals surface area contributed by atoms with Gasteiger partial charge >= 0.3 is 5.97 Å². The molecule has 0 aliphatic heterocycles. The van der Waals surface area contributed by atoms with E-state index in [0.717, 1.165) is 12.8 Å². The molecule has 1 aromatic carbocycles. The molecule has 0 heterocycles. The topological polar surface area (TPSA) is 35.5 Å². The van der Waals surface area contributed by atoms with E-state index in [1.807, 2.05) is 0 Å². The van der Waals surface area contributed by atoms with Gasteiger partial charge in [0.25, 0.3) is 0 Å². The van der Waals surface area contributed by atoms with Crippen molar-refractivity contribution < 1.29 is 14.3 Å². The Morgan fingerprint density at radius 1 is 1.19 bits per heavy atom. The van der Waals surface area contributed by atoms with Crippen LogP contribution in [0.4, 0.5) is 0 Å². The van der Waals surface area contributed by atoms with Crippen LogP contribution < -0.4 is 0 Å². The fraction of sp³-hybridized carbons (Fsp3) is 0.435. The molecule has 0 saturated heterocycles. The summed E-state index contributed by atoms with van der Waals surface area (Å²) in [6.45, 7) is 8.07. The maximum Gasteiger partial charge on any atom is 0.333 e. The van der Waals surface area contributed by atoms with E-state index in [1.165, 1.54) is 36.0 Å². The van der Waals surface area contributed by atoms with Crippen molar-refractivity contribution in [2.45, 2.75) is 52.1 Å². The van der Waals surface area contributed by atoms with Crippen molar-refractivity contribution in [1.82, 2.24) is 0 Å². The Bertz CT molecular complexity index is 653. The van der Waals surface area contributed by atoms with Gasteiger partial charge in [0.05, 0.1) is 12.7 Å². The lowest BCUT2D eigenvalue weighted by Gasteiger charge is -2.17. The Morgan fingerprint density at radius 3 is 2.58 bits per heavy atom. The minimum absolute atomic E-state index is 0.0376. The number of hydrogen-bond donors (Lipinski definition) is 0. The maximum atomic E-state index is 11.3. The summed E-state index contributed by atoms with van der Waals surface area (Å²) in [5.74, 6) is -0.367. The van der Waals surface area contributed by atoms with Crippen LogP contribution in [0.25, 0.3) is 5.57 Å². The van der Waals surface area contributed by atoms with E-state index < -0.39 is 0 Å². The van der Waals surface area contributed by atoms with Gasteiger partial charge in [0.1, 0.15) is 6.61 Å². The third-order valence-corrected chi connectivity index (χ3v) is 4.41. The predicted octanol–water partition coefficient (Wildman–Crippen LogP) is 5.27. The van der Waals surface area contributed by atoms with E-state index in [-0.39, 0.29) is 18.7 Å². The molecule has 1 aliphatic rings. The van der Waals surface area contributed by atoms with Gasteiger partial charge in [-0.05, 0) is 42.9 Å². The van der Waals surface area contributed by atoms with Gasteiger partial charge in [-0.25, -0.2) is 4.79 Å². The number of allylic oxidation sites excluding steroid dienone is 2. The van der Waals surface area contributed by atoms with Gasteiger partial charge in [-0.3, -0.25) is 0 Å². The van der Waals surface area contributed by atoms with E-state index in [9.17, 15) is 4.79 Å². The summed E-state index contributed by atoms with van der Waals surface area (Å²) in [5, 5.41) is 0. The first-order chi connectivity index (χ1) is 12.6. The molecule has 0 N–H and O–H groups in total. The smallest absolute Gasteiger partial charge is 0.333 e. The number of aryl methyl sites for hydroxylation is 1. The second kappa shape index (κ2) is 10.8. The Hall–Kier alpha value is -2.13. The Labute approximate surface area is 157 Å². The van der Waals surface area contributed by atoms with Crippen LogP contribution in [-0.2, 0) is 20.7 Å². The summed E-state index contributed by atoms with van der Waals surface area (Å²) in [5.41, 5.74) is 4.30. The summed E-state index contributed by atoms with van der Waals surface area (Å²) in [4.78, 5) is 11.3. The number of benzene rings is 1. The number of carbonyl (C=O) groups excluding carboxylic acids is 1. The monoisotopic (exact) mass is 354 g/mol. The Morgan fingerprint density at radius 2 is 1.96 bits per heavy atom. The zero-order valence-electron chi connectivity index (χ0n) is 16.0. The van der Waals surface area contributed by atoms with Crippen molar-refractivity contribution >= 4 is 11.5 Å². The van der Waals surface area contributed by atoms with Crippen LogP contribution in [-0.4, -0.2) is 25.3 Å². The molecule has 1 aliphatic carbocycles. The summed E-state index contributed by atoms with van der Waals surface area (Å²) in [7, 11) is 0. The SMILES string of the molecule is C=C(C)C(=O)OCCOC1C=CC(c2ccc(CCCCC)cc2)=CC1. The lowest BCUT2D eigenvalue weighted by molar-refractivity contribution is -0.140. The molecule has 0 radical (unpaired) electrons. The molecule has 0 fully saturated rings. The molecular formula is C23H30O3. The first kappa shape index (κ1) is 20.2. The zero-order valence-corrected chi connectivity index (χ0v) is 16.0. The van der Waals surface area contributed by atoms with Crippen molar-refractivity contribution in [2.24, 2.45) is 0 Å². The van der Waals surface area contributed by atoms with E-state index in [1.54, 1.807) is 6.92 Å². The third-order valence-electron chi connectivity index (χ3n) is 4.41. The largest absolute Gasteiger partial charge is 0.460 e. The molecule has 0 aromatic heterocycles. The van der Waals surface area contributed by atoms with Crippen LogP contribution in [0.5, 0.6) is 0 Å². The van der Waals surface area contributed by atoms with Crippen LogP contribution in [0, 0.1) is 0 Å². The fourth-order valence-corrected chi connectivity index (χ4v) is 2.84. The zero-order chi connectivity index (χ0) is 18.8. The van der Waals surface area contributed by atoms with Crippen molar-refractivity contribution in [3.05, 3.63) is 65.8 Å². The molecule has 0 spiro atoms. The van der Waals surface area contributed by atoms with Gasteiger partial charge in [0, 0.05) is 5.57 Å². The molecule has 0 amide bonds. The summed E-state index contributed by atoms with van der Waals surface area (Å²) in [6.07, 6.45) is 12.2. The maximum absolute atomic E-state index is 11.3. The first-order valence-corrected chi connectivity index (χ1v) is 9.52. The van der Waals surface area contributed by atoms with Gasteiger partial charge in [-0.2, -0.15) is 0 Å². The normalized spacial score (nSPS) is 16.2. The summed E-state index contributed by atoms with van der Waals surface area (Å²) < 4.78 is 10.8. The van der Waals surface area contributed by atoms with Crippen LogP contribution >= 0.6 is 0 Å². The number of ether oxygens (including phenoxy) is 2. The van der Waals surface area contributed by atoms with E-state index in [0.29, 0.717) is 12.2 Å². The highest BCUT2D eigenvalue weighted by atomic mass is 16.6. The van der Waals surface area contributed by atoms with Crippen LogP contribution in [0.3, 0.4) is 0 Å². The fourth-order valence-electron chi connectivity index (χ4n) is 2.84. The standard InChI is InChI=1S/C23H30O3/c1-4-5-6-7-19-8-10-20(11-9-19)21-12-14-22(15-13-21)25-16-17-26-23(24)18(2)3/h8-14,22H,2,4-7,15-17H2,1,3H3. The molecule has 3 heteroatoms. The molecule has 1 atom stereocenters. The molecule has 26 heavy (non-hydrogen) atoms. The minimum atomic E-state index is -0.367. The number of hydrogen-bond acceptors (Lipinski definition) is 3. The van der Waals surface area contributed by atoms with Crippen LogP contribution in [0.15, 0.2) is 54.6 Å². The molecule has 2 rings (SSSR count). The molecule has 3 nitrogen and oxygen atoms in total. The van der Waals surface area contributed by atoms with Crippen molar-refractivity contribution in [1.29, 1.82) is 0 Å². The highest BCUT2D eigenvalue weighted by Gasteiger charge is 2.11. The van der Waals surface area contributed by atoms with Gasteiger partial charge in [-0.15, -0.1) is 0 Å². The number of carbonyl (C=O) groups is 1. The molecule has 1 unspecified atom stereocenters. The van der Waals surface area contributed by atoms with Crippen LogP contribution in [0.2, 0.25) is 0 Å². The molecule has 0 bridgehead atoms. The molecule has 1 aromatic rings. The Kier molecular flexibility index (Phi) is 8.36. The van der Waals surface area contributed by atoms with Crippen LogP contribution in [0.1, 0.15) is 50.7 Å². The van der Waals surface area contributed by atoms with Crippen molar-refractivity contribution in [3.8, 4) is 0 Å². The predicted molar refractivity (Wildman–Crippen MR) is 107 cm³/mol. The number of rotatable bonds is 10. The number of unbranched alkanes of at least 4 members (excludes halogenated alkanes) is 2. The molecule has 0 saturated carbocycles. The van der Waals surface area contributed by atoms with Gasteiger partial charge in [-0.1, -0.05) is 68.8 Å². The van der Waals surface area contributed by atoms with Gasteiger partial charge < -0.3 is 9.47 Å². The highest BCUT2D eigenvalue weighted by Crippen LogP contribution is 2.23. The van der Waals surface area contributed by atoms with Gasteiger partial charge in [0.15, 0.2) is 0 Å². The lowest BCUT2D eigenvalue weighted by Crippen LogP contribution is -2.17. The quantitative estimate of drug-likeness (QED) is 0.326. The van der Waals surface area contributed by atoms with Gasteiger partial charge in [0.2, 0.25) is 0 Å². The lowest BCUT2D eigenvalue weighted by atomic mass is 9.96.